The van der Waals surface area contributed by atoms with Crippen molar-refractivity contribution in [2.45, 2.75) is 58.9 Å². The van der Waals surface area contributed by atoms with Crippen LogP contribution in [0.2, 0.25) is 0 Å². The fourth-order valence-electron chi connectivity index (χ4n) is 4.83. The van der Waals surface area contributed by atoms with E-state index in [4.69, 9.17) is 4.98 Å². The maximum atomic E-state index is 13.5. The summed E-state index contributed by atoms with van der Waals surface area (Å²) in [5.74, 6) is 0.351. The molecule has 160 valence electrons. The van der Waals surface area contributed by atoms with Gasteiger partial charge in [-0.1, -0.05) is 18.2 Å². The average molecular weight is 418 g/mol. The Morgan fingerprint density at radius 1 is 1.06 bits per heavy atom. The summed E-state index contributed by atoms with van der Waals surface area (Å²) in [6.45, 7) is 4.48. The zero-order valence-corrected chi connectivity index (χ0v) is 18.1. The Morgan fingerprint density at radius 3 is 2.68 bits per heavy atom. The lowest BCUT2D eigenvalue weighted by molar-refractivity contribution is -0.119. The monoisotopic (exact) mass is 417 g/mol. The van der Waals surface area contributed by atoms with Gasteiger partial charge in [-0.05, 0) is 70.1 Å². The van der Waals surface area contributed by atoms with Crippen LogP contribution in [0.25, 0.3) is 5.95 Å². The maximum absolute atomic E-state index is 13.5. The minimum Gasteiger partial charge on any atom is -0.311 e. The van der Waals surface area contributed by atoms with Gasteiger partial charge in [0.1, 0.15) is 6.54 Å². The van der Waals surface area contributed by atoms with Crippen LogP contribution in [0.3, 0.4) is 0 Å². The van der Waals surface area contributed by atoms with Crippen molar-refractivity contribution in [1.29, 1.82) is 0 Å². The van der Waals surface area contributed by atoms with Gasteiger partial charge in [0.25, 0.3) is 5.56 Å². The summed E-state index contributed by atoms with van der Waals surface area (Å²) in [6.07, 6.45) is 5.42. The minimum atomic E-state index is -0.106. The number of amides is 1. The molecule has 0 saturated carbocycles. The van der Waals surface area contributed by atoms with Crippen molar-refractivity contribution in [2.24, 2.45) is 0 Å². The third kappa shape index (κ3) is 3.48. The second-order valence-corrected chi connectivity index (χ2v) is 8.55. The van der Waals surface area contributed by atoms with E-state index in [1.807, 2.05) is 43.0 Å². The molecule has 0 atom stereocenters. The third-order valence-corrected chi connectivity index (χ3v) is 6.32. The van der Waals surface area contributed by atoms with E-state index in [-0.39, 0.29) is 18.0 Å². The molecule has 7 heteroatoms. The quantitative estimate of drug-likeness (QED) is 0.657. The Balaban J connectivity index is 1.60. The molecule has 2 aliphatic rings. The summed E-state index contributed by atoms with van der Waals surface area (Å²) in [7, 11) is 0. The molecule has 0 N–H and O–H groups in total. The predicted octanol–water partition coefficient (Wildman–Crippen LogP) is 2.90. The van der Waals surface area contributed by atoms with E-state index in [1.165, 1.54) is 10.1 Å². The first-order valence-electron chi connectivity index (χ1n) is 11.1. The van der Waals surface area contributed by atoms with E-state index in [0.717, 1.165) is 66.9 Å². The van der Waals surface area contributed by atoms with E-state index in [1.54, 1.807) is 4.68 Å². The number of anilines is 1. The van der Waals surface area contributed by atoms with E-state index in [0.29, 0.717) is 12.5 Å². The van der Waals surface area contributed by atoms with Gasteiger partial charge < -0.3 is 4.90 Å². The van der Waals surface area contributed by atoms with Gasteiger partial charge >= 0.3 is 0 Å². The van der Waals surface area contributed by atoms with E-state index in [2.05, 4.69) is 11.2 Å². The molecule has 3 aromatic rings. The van der Waals surface area contributed by atoms with Crippen LogP contribution in [0.5, 0.6) is 0 Å². The molecule has 0 bridgehead atoms. The number of aryl methyl sites for hydroxylation is 4. The summed E-state index contributed by atoms with van der Waals surface area (Å²) in [4.78, 5) is 33.6. The molecule has 0 unspecified atom stereocenters. The smallest absolute Gasteiger partial charge is 0.258 e. The van der Waals surface area contributed by atoms with Gasteiger partial charge in [0.05, 0.1) is 11.4 Å². The highest BCUT2D eigenvalue weighted by Crippen LogP contribution is 2.27. The lowest BCUT2D eigenvalue weighted by Crippen LogP contribution is -2.42. The molecule has 31 heavy (non-hydrogen) atoms. The Bertz CT molecular complexity index is 1220. The van der Waals surface area contributed by atoms with Crippen LogP contribution in [0.4, 0.5) is 5.69 Å². The van der Waals surface area contributed by atoms with Crippen molar-refractivity contribution in [2.75, 3.05) is 11.4 Å². The molecular formula is C24H27N5O2. The molecule has 1 aliphatic carbocycles. The fourth-order valence-corrected chi connectivity index (χ4v) is 4.83. The second-order valence-electron chi connectivity index (χ2n) is 8.55. The molecule has 0 fully saturated rings. The zero-order valence-electron chi connectivity index (χ0n) is 18.1. The Hall–Kier alpha value is -3.22. The number of hydrogen-bond acceptors (Lipinski definition) is 4. The van der Waals surface area contributed by atoms with Crippen molar-refractivity contribution in [3.05, 3.63) is 68.9 Å². The van der Waals surface area contributed by atoms with Crippen LogP contribution in [0.15, 0.2) is 35.1 Å². The molecule has 0 spiro atoms. The molecule has 3 heterocycles. The topological polar surface area (TPSA) is 73.0 Å². The van der Waals surface area contributed by atoms with Crippen LogP contribution in [-0.2, 0) is 30.6 Å². The summed E-state index contributed by atoms with van der Waals surface area (Å²) in [5.41, 5.74) is 5.37. The fraction of sp³-hybridized carbons (Fsp3) is 0.417. The van der Waals surface area contributed by atoms with Gasteiger partial charge in [0.2, 0.25) is 11.9 Å². The summed E-state index contributed by atoms with van der Waals surface area (Å²) in [6, 6.07) is 9.98. The normalized spacial score (nSPS) is 15.5. The first kappa shape index (κ1) is 19.7. The lowest BCUT2D eigenvalue weighted by atomic mass is 9.97. The van der Waals surface area contributed by atoms with Crippen LogP contribution < -0.4 is 10.5 Å². The standard InChI is InChI=1S/C24H27N5O2/c1-16-14-17(2)29(26-16)24-25-20-11-5-4-10-19(20)23(31)28(24)15-22(30)27-13-7-9-18-8-3-6-12-21(18)27/h3,6,8,12,14H,4-5,7,9-11,13,15H2,1-2H3. The van der Waals surface area contributed by atoms with Crippen molar-refractivity contribution >= 4 is 11.6 Å². The Kier molecular flexibility index (Phi) is 4.96. The lowest BCUT2D eigenvalue weighted by Gasteiger charge is -2.30. The molecule has 1 aliphatic heterocycles. The molecule has 5 rings (SSSR count). The number of nitrogens with zero attached hydrogens (tertiary/aromatic N) is 5. The Labute approximate surface area is 181 Å². The molecule has 2 aromatic heterocycles. The highest BCUT2D eigenvalue weighted by molar-refractivity contribution is 5.94. The summed E-state index contributed by atoms with van der Waals surface area (Å²) in [5, 5.41) is 4.56. The van der Waals surface area contributed by atoms with Gasteiger partial charge in [-0.3, -0.25) is 14.2 Å². The average Bonchev–Trinajstić information content (AvgIpc) is 3.12. The number of carbonyl (C=O) groups excluding carboxylic acids is 1. The van der Waals surface area contributed by atoms with Gasteiger partial charge in [0.15, 0.2) is 0 Å². The third-order valence-electron chi connectivity index (χ3n) is 6.32. The number of hydrogen-bond donors (Lipinski definition) is 0. The van der Waals surface area contributed by atoms with E-state index in [9.17, 15) is 9.59 Å². The van der Waals surface area contributed by atoms with Crippen LogP contribution in [-0.4, -0.2) is 31.8 Å². The highest BCUT2D eigenvalue weighted by Gasteiger charge is 2.26. The molecule has 0 radical (unpaired) electrons. The molecular weight excluding hydrogens is 390 g/mol. The molecule has 1 amide bonds. The van der Waals surface area contributed by atoms with Gasteiger partial charge in [-0.15, -0.1) is 0 Å². The van der Waals surface area contributed by atoms with Gasteiger partial charge in [-0.2, -0.15) is 5.10 Å². The first-order valence-corrected chi connectivity index (χ1v) is 11.1. The summed E-state index contributed by atoms with van der Waals surface area (Å²) < 4.78 is 3.23. The zero-order chi connectivity index (χ0) is 21.5. The van der Waals surface area contributed by atoms with Crippen LogP contribution >= 0.6 is 0 Å². The first-order chi connectivity index (χ1) is 15.0. The van der Waals surface area contributed by atoms with Crippen molar-refractivity contribution in [3.8, 4) is 5.95 Å². The van der Waals surface area contributed by atoms with Gasteiger partial charge in [0, 0.05) is 23.5 Å². The summed E-state index contributed by atoms with van der Waals surface area (Å²) >= 11 is 0. The van der Waals surface area contributed by atoms with Gasteiger partial charge in [-0.25, -0.2) is 9.67 Å². The van der Waals surface area contributed by atoms with E-state index < -0.39 is 0 Å². The molecule has 0 saturated heterocycles. The number of para-hydroxylation sites is 1. The highest BCUT2D eigenvalue weighted by atomic mass is 16.2. The van der Waals surface area contributed by atoms with E-state index >= 15 is 0 Å². The SMILES string of the molecule is Cc1cc(C)n(-c2nc3c(c(=O)n2CC(=O)N2CCCc4ccccc42)CCCC3)n1. The maximum Gasteiger partial charge on any atom is 0.258 e. The number of benzene rings is 1. The number of aromatic nitrogens is 4. The number of carbonyl (C=O) groups is 1. The minimum absolute atomic E-state index is 0.0405. The van der Waals surface area contributed by atoms with Crippen LogP contribution in [0.1, 0.15) is 47.5 Å². The van der Waals surface area contributed by atoms with Crippen molar-refractivity contribution < 1.29 is 4.79 Å². The van der Waals surface area contributed by atoms with Crippen molar-refractivity contribution in [1.82, 2.24) is 19.3 Å². The van der Waals surface area contributed by atoms with Crippen molar-refractivity contribution in [3.63, 3.8) is 0 Å². The number of rotatable bonds is 3. The number of fused-ring (bicyclic) bond motifs is 2. The predicted molar refractivity (Wildman–Crippen MR) is 119 cm³/mol. The molecule has 1 aromatic carbocycles. The second kappa shape index (κ2) is 7.80. The molecule has 7 nitrogen and oxygen atoms in total. The Morgan fingerprint density at radius 2 is 1.87 bits per heavy atom. The van der Waals surface area contributed by atoms with Crippen LogP contribution in [0, 0.1) is 13.8 Å². The largest absolute Gasteiger partial charge is 0.311 e.